The number of esters is 1. The highest BCUT2D eigenvalue weighted by Crippen LogP contribution is 2.14. The maximum atomic E-state index is 12.2. The van der Waals surface area contributed by atoms with Crippen LogP contribution < -0.4 is 4.90 Å². The number of aromatic nitrogens is 2. The van der Waals surface area contributed by atoms with Gasteiger partial charge in [0, 0.05) is 33.4 Å². The second kappa shape index (κ2) is 8.57. The van der Waals surface area contributed by atoms with E-state index in [1.807, 2.05) is 50.2 Å². The molecule has 0 N–H and O–H groups in total. The van der Waals surface area contributed by atoms with Gasteiger partial charge in [-0.2, -0.15) is 0 Å². The number of ether oxygens (including phenoxy) is 1. The van der Waals surface area contributed by atoms with E-state index >= 15 is 0 Å². The summed E-state index contributed by atoms with van der Waals surface area (Å²) in [7, 11) is 5.63. The Morgan fingerprint density at radius 3 is 2.44 bits per heavy atom. The second-order valence-electron chi connectivity index (χ2n) is 5.79. The molecule has 25 heavy (non-hydrogen) atoms. The van der Waals surface area contributed by atoms with Gasteiger partial charge in [0.1, 0.15) is 0 Å². The molecule has 0 atom stereocenters. The van der Waals surface area contributed by atoms with Crippen molar-refractivity contribution in [2.24, 2.45) is 0 Å². The summed E-state index contributed by atoms with van der Waals surface area (Å²) < 4.78 is 8.84. The molecule has 0 aliphatic rings. The first-order valence-corrected chi connectivity index (χ1v) is 8.68. The molecular formula is C17H22N4O3S. The molecule has 2 rings (SSSR count). The first-order chi connectivity index (χ1) is 11.9. The molecule has 8 heteroatoms. The van der Waals surface area contributed by atoms with E-state index in [2.05, 4.69) is 9.59 Å². The van der Waals surface area contributed by atoms with Crippen molar-refractivity contribution in [1.82, 2.24) is 14.5 Å². The predicted octanol–water partition coefficient (Wildman–Crippen LogP) is 1.98. The van der Waals surface area contributed by atoms with Crippen LogP contribution in [0.3, 0.4) is 0 Å². The molecule has 134 valence electrons. The molecule has 1 amide bonds. The summed E-state index contributed by atoms with van der Waals surface area (Å²) in [6, 6.07) is 7.94. The Kier molecular flexibility index (Phi) is 6.46. The zero-order valence-corrected chi connectivity index (χ0v) is 15.7. The van der Waals surface area contributed by atoms with Crippen molar-refractivity contribution in [2.75, 3.05) is 32.6 Å². The molecule has 0 aliphatic heterocycles. The van der Waals surface area contributed by atoms with Gasteiger partial charge in [0.15, 0.2) is 11.5 Å². The number of aryl methyl sites for hydroxylation is 1. The lowest BCUT2D eigenvalue weighted by Crippen LogP contribution is -2.30. The summed E-state index contributed by atoms with van der Waals surface area (Å²) in [6.45, 7) is 2.03. The summed E-state index contributed by atoms with van der Waals surface area (Å²) in [5.74, 6) is -0.815. The monoisotopic (exact) mass is 362 g/mol. The fraction of sp³-hybridized carbons (Fsp3) is 0.412. The van der Waals surface area contributed by atoms with Gasteiger partial charge in [0.2, 0.25) is 0 Å². The minimum Gasteiger partial charge on any atom is -0.451 e. The Balaban J connectivity index is 1.86. The van der Waals surface area contributed by atoms with Crippen molar-refractivity contribution >= 4 is 29.1 Å². The molecule has 0 fully saturated rings. The van der Waals surface area contributed by atoms with Crippen LogP contribution in [-0.4, -0.2) is 54.1 Å². The molecule has 1 heterocycles. The second-order valence-corrected chi connectivity index (χ2v) is 6.54. The molecule has 0 aliphatic carbocycles. The molecule has 0 unspecified atom stereocenters. The molecule has 7 nitrogen and oxygen atoms in total. The van der Waals surface area contributed by atoms with Crippen molar-refractivity contribution in [1.29, 1.82) is 0 Å². The number of amides is 1. The fourth-order valence-corrected chi connectivity index (χ4v) is 2.80. The van der Waals surface area contributed by atoms with Gasteiger partial charge in [-0.05, 0) is 35.6 Å². The highest BCUT2D eigenvalue weighted by Gasteiger charge is 2.19. The number of carbonyl (C=O) groups is 2. The van der Waals surface area contributed by atoms with Crippen molar-refractivity contribution < 1.29 is 14.3 Å². The molecule has 2 aromatic rings. The first kappa shape index (κ1) is 18.9. The van der Waals surface area contributed by atoms with Crippen LogP contribution >= 0.6 is 11.5 Å². The molecular weight excluding hydrogens is 340 g/mol. The lowest BCUT2D eigenvalue weighted by atomic mass is 10.2. The Morgan fingerprint density at radius 2 is 1.84 bits per heavy atom. The number of benzene rings is 1. The topological polar surface area (TPSA) is 75.6 Å². The minimum atomic E-state index is -0.552. The average molecular weight is 362 g/mol. The summed E-state index contributed by atoms with van der Waals surface area (Å²) >= 11 is 0.984. The lowest BCUT2D eigenvalue weighted by Gasteiger charge is -2.18. The van der Waals surface area contributed by atoms with Crippen LogP contribution in [0.2, 0.25) is 0 Å². The quantitative estimate of drug-likeness (QED) is 0.701. The van der Waals surface area contributed by atoms with Crippen molar-refractivity contribution in [3.63, 3.8) is 0 Å². The molecule has 1 aromatic carbocycles. The lowest BCUT2D eigenvalue weighted by molar-refractivity contribution is -0.133. The van der Waals surface area contributed by atoms with Gasteiger partial charge in [0.25, 0.3) is 5.91 Å². The normalized spacial score (nSPS) is 10.4. The maximum Gasteiger partial charge on any atom is 0.352 e. The molecule has 1 aromatic heterocycles. The average Bonchev–Trinajstić information content (AvgIpc) is 3.08. The molecule has 0 bridgehead atoms. The van der Waals surface area contributed by atoms with Crippen LogP contribution in [0.15, 0.2) is 24.3 Å². The zero-order chi connectivity index (χ0) is 18.4. The Hall–Kier alpha value is -2.48. The highest BCUT2D eigenvalue weighted by atomic mass is 32.1. The fourth-order valence-electron chi connectivity index (χ4n) is 2.16. The standard InChI is InChI=1S/C17H22N4O3S/c1-5-14-16(25-19-18-14)17(23)24-11-15(22)21(4)10-12-6-8-13(9-7-12)20(2)3/h6-9H,5,10-11H2,1-4H3. The van der Waals surface area contributed by atoms with E-state index in [4.69, 9.17) is 4.74 Å². The van der Waals surface area contributed by atoms with Crippen molar-refractivity contribution in [3.05, 3.63) is 40.4 Å². The van der Waals surface area contributed by atoms with Gasteiger partial charge in [-0.25, -0.2) is 4.79 Å². The molecule has 0 saturated carbocycles. The predicted molar refractivity (Wildman–Crippen MR) is 96.8 cm³/mol. The summed E-state index contributed by atoms with van der Waals surface area (Å²) in [5.41, 5.74) is 2.70. The molecule has 0 radical (unpaired) electrons. The van der Waals surface area contributed by atoms with Gasteiger partial charge in [-0.1, -0.05) is 23.5 Å². The van der Waals surface area contributed by atoms with E-state index in [-0.39, 0.29) is 12.5 Å². The zero-order valence-electron chi connectivity index (χ0n) is 14.9. The van der Waals surface area contributed by atoms with Crippen LogP contribution in [0.5, 0.6) is 0 Å². The van der Waals surface area contributed by atoms with Crippen LogP contribution in [0, 0.1) is 0 Å². The van der Waals surface area contributed by atoms with Crippen LogP contribution in [0.1, 0.15) is 27.9 Å². The maximum absolute atomic E-state index is 12.2. The van der Waals surface area contributed by atoms with Crippen LogP contribution in [0.25, 0.3) is 0 Å². The number of anilines is 1. The number of rotatable bonds is 7. The van der Waals surface area contributed by atoms with Gasteiger partial charge in [0.05, 0.1) is 5.69 Å². The van der Waals surface area contributed by atoms with Crippen molar-refractivity contribution in [3.8, 4) is 0 Å². The number of carbonyl (C=O) groups excluding carboxylic acids is 2. The Labute approximate surface area is 151 Å². The Morgan fingerprint density at radius 1 is 1.16 bits per heavy atom. The van der Waals surface area contributed by atoms with E-state index in [0.717, 1.165) is 22.8 Å². The van der Waals surface area contributed by atoms with E-state index in [1.165, 1.54) is 4.90 Å². The minimum absolute atomic E-state index is 0.263. The van der Waals surface area contributed by atoms with Crippen LogP contribution in [-0.2, 0) is 22.5 Å². The van der Waals surface area contributed by atoms with Gasteiger partial charge in [-0.15, -0.1) is 5.10 Å². The van der Waals surface area contributed by atoms with Gasteiger partial charge >= 0.3 is 5.97 Å². The SMILES string of the molecule is CCc1nnsc1C(=O)OCC(=O)N(C)Cc1ccc(N(C)C)cc1. The van der Waals surface area contributed by atoms with E-state index in [0.29, 0.717) is 23.5 Å². The van der Waals surface area contributed by atoms with Gasteiger partial charge in [-0.3, -0.25) is 4.79 Å². The number of likely N-dealkylation sites (N-methyl/N-ethyl adjacent to an activating group) is 1. The smallest absolute Gasteiger partial charge is 0.352 e. The summed E-state index contributed by atoms with van der Waals surface area (Å²) in [4.78, 5) is 28.1. The molecule has 0 saturated heterocycles. The number of hydrogen-bond donors (Lipinski definition) is 0. The number of nitrogens with zero attached hydrogens (tertiary/aromatic N) is 4. The summed E-state index contributed by atoms with van der Waals surface area (Å²) in [6.07, 6.45) is 0.595. The third-order valence-corrected chi connectivity index (χ3v) is 4.45. The first-order valence-electron chi connectivity index (χ1n) is 7.91. The van der Waals surface area contributed by atoms with Crippen molar-refractivity contribution in [2.45, 2.75) is 19.9 Å². The number of hydrogen-bond acceptors (Lipinski definition) is 7. The third kappa shape index (κ3) is 4.99. The highest BCUT2D eigenvalue weighted by molar-refractivity contribution is 7.07. The van der Waals surface area contributed by atoms with E-state index in [9.17, 15) is 9.59 Å². The van der Waals surface area contributed by atoms with Crippen LogP contribution in [0.4, 0.5) is 5.69 Å². The summed E-state index contributed by atoms with van der Waals surface area (Å²) in [5, 5.41) is 3.86. The molecule has 0 spiro atoms. The Bertz CT molecular complexity index is 728. The van der Waals surface area contributed by atoms with E-state index < -0.39 is 5.97 Å². The largest absolute Gasteiger partial charge is 0.451 e. The third-order valence-electron chi connectivity index (χ3n) is 3.70. The van der Waals surface area contributed by atoms with E-state index in [1.54, 1.807) is 7.05 Å². The van der Waals surface area contributed by atoms with Gasteiger partial charge < -0.3 is 14.5 Å².